The van der Waals surface area contributed by atoms with Crippen LogP contribution < -0.4 is 0 Å². The minimum Gasteiger partial charge on any atom is -0.467 e. The lowest BCUT2D eigenvalue weighted by atomic mass is 9.81. The number of amides is 1. The summed E-state index contributed by atoms with van der Waals surface area (Å²) >= 11 is 5.79. The maximum Gasteiger partial charge on any atom is 0.411 e. The molecule has 0 aliphatic carbocycles. The molecule has 126 valence electrons. The summed E-state index contributed by atoms with van der Waals surface area (Å²) in [4.78, 5) is 26.5. The average molecular weight is 332 g/mol. The fraction of sp³-hybridized carbons (Fsp3) is 0.750. The van der Waals surface area contributed by atoms with Crippen LogP contribution in [0.1, 0.15) is 46.5 Å². The Morgan fingerprint density at radius 2 is 2.05 bits per heavy atom. The summed E-state index contributed by atoms with van der Waals surface area (Å²) in [5, 5.41) is 0. The third-order valence-electron chi connectivity index (χ3n) is 3.65. The van der Waals surface area contributed by atoms with Crippen molar-refractivity contribution in [1.29, 1.82) is 0 Å². The van der Waals surface area contributed by atoms with E-state index < -0.39 is 23.2 Å². The van der Waals surface area contributed by atoms with E-state index in [1.807, 2.05) is 0 Å². The molecule has 0 bridgehead atoms. The first-order valence-electron chi connectivity index (χ1n) is 7.48. The SMILES string of the molecule is C=C1CCN(C(=O)OC(C)(C)C)C(CCCCl)(C(=O)OC)C1. The second-order valence-electron chi connectivity index (χ2n) is 6.62. The molecule has 5 nitrogen and oxygen atoms in total. The Morgan fingerprint density at radius 3 is 2.55 bits per heavy atom. The van der Waals surface area contributed by atoms with Crippen LogP contribution in [0.4, 0.5) is 4.79 Å². The van der Waals surface area contributed by atoms with Gasteiger partial charge in [-0.3, -0.25) is 4.90 Å². The quantitative estimate of drug-likeness (QED) is 0.449. The molecular weight excluding hydrogens is 306 g/mol. The summed E-state index contributed by atoms with van der Waals surface area (Å²) in [5.74, 6) is -0.0303. The first-order chi connectivity index (χ1) is 10.2. The van der Waals surface area contributed by atoms with E-state index in [0.29, 0.717) is 38.1 Å². The third kappa shape index (κ3) is 4.38. The molecule has 1 heterocycles. The number of methoxy groups -OCH3 is 1. The predicted molar refractivity (Wildman–Crippen MR) is 86.0 cm³/mol. The molecule has 1 rings (SSSR count). The van der Waals surface area contributed by atoms with Gasteiger partial charge in [0, 0.05) is 18.8 Å². The van der Waals surface area contributed by atoms with Crippen molar-refractivity contribution in [2.45, 2.75) is 57.6 Å². The highest BCUT2D eigenvalue weighted by atomic mass is 35.5. The number of hydrogen-bond donors (Lipinski definition) is 0. The first-order valence-corrected chi connectivity index (χ1v) is 8.01. The fourth-order valence-corrected chi connectivity index (χ4v) is 2.86. The van der Waals surface area contributed by atoms with E-state index >= 15 is 0 Å². The topological polar surface area (TPSA) is 55.8 Å². The number of ether oxygens (including phenoxy) is 2. The van der Waals surface area contributed by atoms with Crippen LogP contribution in [-0.2, 0) is 14.3 Å². The van der Waals surface area contributed by atoms with Gasteiger partial charge < -0.3 is 9.47 Å². The van der Waals surface area contributed by atoms with Gasteiger partial charge in [0.2, 0.25) is 0 Å². The predicted octanol–water partition coefficient (Wildman–Crippen LogP) is 3.50. The van der Waals surface area contributed by atoms with Crippen molar-refractivity contribution < 1.29 is 19.1 Å². The molecule has 0 saturated carbocycles. The molecule has 1 atom stereocenters. The molecule has 6 heteroatoms. The Hall–Kier alpha value is -1.23. The van der Waals surface area contributed by atoms with Gasteiger partial charge in [-0.15, -0.1) is 11.6 Å². The van der Waals surface area contributed by atoms with Crippen molar-refractivity contribution in [1.82, 2.24) is 4.90 Å². The standard InChI is InChI=1S/C16H26ClNO4/c1-12-7-10-18(14(20)22-15(2,3)4)16(11-12,8-6-9-17)13(19)21-5/h1,6-11H2,2-5H3. The number of halogens is 1. The molecule has 1 unspecified atom stereocenters. The van der Waals surface area contributed by atoms with Crippen molar-refractivity contribution in [2.75, 3.05) is 19.5 Å². The zero-order chi connectivity index (χ0) is 17.0. The van der Waals surface area contributed by atoms with Crippen LogP contribution in [-0.4, -0.2) is 47.6 Å². The number of carbonyl (C=O) groups is 2. The van der Waals surface area contributed by atoms with Crippen LogP contribution in [0.3, 0.4) is 0 Å². The van der Waals surface area contributed by atoms with Crippen molar-refractivity contribution in [3.63, 3.8) is 0 Å². The van der Waals surface area contributed by atoms with Gasteiger partial charge in [0.1, 0.15) is 11.1 Å². The van der Waals surface area contributed by atoms with Crippen molar-refractivity contribution in [2.24, 2.45) is 0 Å². The molecule has 0 radical (unpaired) electrons. The Balaban J connectivity index is 3.14. The number of piperidine rings is 1. The van der Waals surface area contributed by atoms with E-state index in [1.165, 1.54) is 12.0 Å². The Morgan fingerprint density at radius 1 is 1.41 bits per heavy atom. The van der Waals surface area contributed by atoms with Gasteiger partial charge >= 0.3 is 12.1 Å². The van der Waals surface area contributed by atoms with Gasteiger partial charge in [-0.1, -0.05) is 12.2 Å². The van der Waals surface area contributed by atoms with Crippen molar-refractivity contribution in [3.05, 3.63) is 12.2 Å². The summed E-state index contributed by atoms with van der Waals surface area (Å²) in [6, 6.07) is 0. The monoisotopic (exact) mass is 331 g/mol. The largest absolute Gasteiger partial charge is 0.467 e. The first kappa shape index (κ1) is 18.8. The lowest BCUT2D eigenvalue weighted by Crippen LogP contribution is -2.61. The maximum atomic E-state index is 12.6. The average Bonchev–Trinajstić information content (AvgIpc) is 2.42. The zero-order valence-electron chi connectivity index (χ0n) is 13.9. The van der Waals surface area contributed by atoms with Crippen LogP contribution in [0.5, 0.6) is 0 Å². The summed E-state index contributed by atoms with van der Waals surface area (Å²) in [6.45, 7) is 9.77. The van der Waals surface area contributed by atoms with Gasteiger partial charge in [0.15, 0.2) is 0 Å². The van der Waals surface area contributed by atoms with E-state index in [2.05, 4.69) is 6.58 Å². The van der Waals surface area contributed by atoms with Gasteiger partial charge in [-0.2, -0.15) is 0 Å². The van der Waals surface area contributed by atoms with Crippen molar-refractivity contribution >= 4 is 23.7 Å². The maximum absolute atomic E-state index is 12.6. The van der Waals surface area contributed by atoms with E-state index in [0.717, 1.165) is 5.57 Å². The smallest absolute Gasteiger partial charge is 0.411 e. The van der Waals surface area contributed by atoms with Crippen LogP contribution in [0.15, 0.2) is 12.2 Å². The third-order valence-corrected chi connectivity index (χ3v) is 3.92. The van der Waals surface area contributed by atoms with Gasteiger partial charge in [-0.25, -0.2) is 9.59 Å². The lowest BCUT2D eigenvalue weighted by molar-refractivity contribution is -0.156. The molecule has 0 N–H and O–H groups in total. The van der Waals surface area contributed by atoms with Crippen LogP contribution in [0.2, 0.25) is 0 Å². The van der Waals surface area contributed by atoms with Crippen LogP contribution in [0.25, 0.3) is 0 Å². The highest BCUT2D eigenvalue weighted by Crippen LogP contribution is 2.37. The molecule has 0 aromatic heterocycles. The van der Waals surface area contributed by atoms with E-state index in [9.17, 15) is 9.59 Å². The highest BCUT2D eigenvalue weighted by molar-refractivity contribution is 6.17. The summed E-state index contributed by atoms with van der Waals surface area (Å²) in [6.07, 6.45) is 1.57. The van der Waals surface area contributed by atoms with Crippen LogP contribution >= 0.6 is 11.6 Å². The van der Waals surface area contributed by atoms with E-state index in [-0.39, 0.29) is 0 Å². The van der Waals surface area contributed by atoms with Crippen LogP contribution in [0, 0.1) is 0 Å². The Bertz CT molecular complexity index is 444. The fourth-order valence-electron chi connectivity index (χ4n) is 2.72. The number of carbonyl (C=O) groups excluding carboxylic acids is 2. The molecule has 1 saturated heterocycles. The molecule has 1 aliphatic heterocycles. The van der Waals surface area contributed by atoms with Crippen molar-refractivity contribution in [3.8, 4) is 0 Å². The number of likely N-dealkylation sites (tertiary alicyclic amines) is 1. The van der Waals surface area contributed by atoms with E-state index in [4.69, 9.17) is 21.1 Å². The Labute approximate surface area is 137 Å². The zero-order valence-corrected chi connectivity index (χ0v) is 14.7. The van der Waals surface area contributed by atoms with Gasteiger partial charge in [0.05, 0.1) is 7.11 Å². The molecule has 0 spiro atoms. The summed E-state index contributed by atoms with van der Waals surface area (Å²) in [5.41, 5.74) is -0.763. The molecule has 0 aromatic rings. The highest BCUT2D eigenvalue weighted by Gasteiger charge is 2.50. The number of nitrogens with zero attached hydrogens (tertiary/aromatic N) is 1. The number of alkyl halides is 1. The Kier molecular flexibility index (Phi) is 6.29. The summed E-state index contributed by atoms with van der Waals surface area (Å²) in [7, 11) is 1.33. The molecule has 0 aromatic carbocycles. The number of hydrogen-bond acceptors (Lipinski definition) is 4. The van der Waals surface area contributed by atoms with E-state index in [1.54, 1.807) is 20.8 Å². The molecular formula is C16H26ClNO4. The number of rotatable bonds is 4. The number of esters is 1. The minimum absolute atomic E-state index is 0.385. The van der Waals surface area contributed by atoms with Gasteiger partial charge in [-0.05, 0) is 40.0 Å². The minimum atomic E-state index is -1.07. The second-order valence-corrected chi connectivity index (χ2v) is 7.00. The second kappa shape index (κ2) is 7.36. The molecule has 1 amide bonds. The summed E-state index contributed by atoms with van der Waals surface area (Å²) < 4.78 is 10.4. The molecule has 22 heavy (non-hydrogen) atoms. The van der Waals surface area contributed by atoms with Gasteiger partial charge in [0.25, 0.3) is 0 Å². The lowest BCUT2D eigenvalue weighted by Gasteiger charge is -2.45. The normalized spacial score (nSPS) is 22.4. The molecule has 1 aliphatic rings. The molecule has 1 fully saturated rings.